The van der Waals surface area contributed by atoms with E-state index in [0.29, 0.717) is 25.3 Å². The van der Waals surface area contributed by atoms with Crippen molar-refractivity contribution >= 4 is 0 Å². The molecule has 5 nitrogen and oxygen atoms in total. The van der Waals surface area contributed by atoms with Gasteiger partial charge in [-0.2, -0.15) is 5.26 Å². The van der Waals surface area contributed by atoms with Crippen molar-refractivity contribution in [2.75, 3.05) is 47.6 Å². The Morgan fingerprint density at radius 2 is 1.75 bits per heavy atom. The van der Waals surface area contributed by atoms with E-state index in [1.54, 1.807) is 27.4 Å². The van der Waals surface area contributed by atoms with Crippen molar-refractivity contribution < 1.29 is 14.2 Å². The van der Waals surface area contributed by atoms with Gasteiger partial charge in [-0.3, -0.25) is 4.90 Å². The summed E-state index contributed by atoms with van der Waals surface area (Å²) in [4.78, 5) is 2.21. The summed E-state index contributed by atoms with van der Waals surface area (Å²) in [5.41, 5.74) is 1.64. The third kappa shape index (κ3) is 5.17. The van der Waals surface area contributed by atoms with Crippen molar-refractivity contribution in [3.8, 4) is 11.8 Å². The Morgan fingerprint density at radius 1 is 1.10 bits per heavy atom. The van der Waals surface area contributed by atoms with E-state index >= 15 is 0 Å². The summed E-state index contributed by atoms with van der Waals surface area (Å²) in [7, 11) is 5.01. The lowest BCUT2D eigenvalue weighted by molar-refractivity contribution is 0.110. The lowest BCUT2D eigenvalue weighted by Gasteiger charge is -2.22. The normalized spacial score (nSPS) is 10.6. The smallest absolute Gasteiger partial charge is 0.123 e. The van der Waals surface area contributed by atoms with E-state index in [2.05, 4.69) is 11.0 Å². The summed E-state index contributed by atoms with van der Waals surface area (Å²) >= 11 is 0. The van der Waals surface area contributed by atoms with E-state index in [1.807, 2.05) is 12.1 Å². The van der Waals surface area contributed by atoms with Crippen LogP contribution in [0.25, 0.3) is 0 Å². The van der Waals surface area contributed by atoms with Crippen LogP contribution in [0.15, 0.2) is 18.2 Å². The molecule has 0 aliphatic heterocycles. The summed E-state index contributed by atoms with van der Waals surface area (Å²) in [6.45, 7) is 3.62. The number of hydrogen-bond acceptors (Lipinski definition) is 5. The van der Waals surface area contributed by atoms with Crippen molar-refractivity contribution in [1.82, 2.24) is 4.90 Å². The minimum absolute atomic E-state index is 0.638. The molecule has 0 aromatic heterocycles. The fourth-order valence-electron chi connectivity index (χ4n) is 1.92. The van der Waals surface area contributed by atoms with Crippen molar-refractivity contribution in [2.45, 2.75) is 6.54 Å². The van der Waals surface area contributed by atoms with Crippen LogP contribution in [-0.4, -0.2) is 52.5 Å². The Kier molecular flexibility index (Phi) is 7.66. The summed E-state index contributed by atoms with van der Waals surface area (Å²) in [6.07, 6.45) is 0. The number of nitrogens with zero attached hydrogens (tertiary/aromatic N) is 2. The van der Waals surface area contributed by atoms with Crippen LogP contribution in [0.2, 0.25) is 0 Å². The highest BCUT2D eigenvalue weighted by Crippen LogP contribution is 2.21. The highest BCUT2D eigenvalue weighted by Gasteiger charge is 2.10. The largest absolute Gasteiger partial charge is 0.496 e. The monoisotopic (exact) mass is 278 g/mol. The number of hydrogen-bond donors (Lipinski definition) is 0. The number of methoxy groups -OCH3 is 3. The Morgan fingerprint density at radius 3 is 2.25 bits per heavy atom. The highest BCUT2D eigenvalue weighted by molar-refractivity contribution is 5.42. The summed E-state index contributed by atoms with van der Waals surface area (Å²) in [5, 5.41) is 9.00. The lowest BCUT2D eigenvalue weighted by Crippen LogP contribution is -2.30. The molecule has 0 bridgehead atoms. The molecule has 0 unspecified atom stereocenters. The Labute approximate surface area is 120 Å². The predicted octanol–water partition coefficient (Wildman–Crippen LogP) is 1.66. The van der Waals surface area contributed by atoms with Crippen LogP contribution in [0.4, 0.5) is 0 Å². The number of benzene rings is 1. The van der Waals surface area contributed by atoms with Gasteiger partial charge in [-0.25, -0.2) is 0 Å². The second-order valence-electron chi connectivity index (χ2n) is 4.40. The SMILES string of the molecule is COCCN(CCOC)Cc1cc(C#N)ccc1OC. The van der Waals surface area contributed by atoms with Gasteiger partial charge in [0.2, 0.25) is 0 Å². The molecule has 0 saturated heterocycles. The minimum atomic E-state index is 0.638. The molecule has 0 saturated carbocycles. The quantitative estimate of drug-likeness (QED) is 0.687. The van der Waals surface area contributed by atoms with Crippen LogP contribution < -0.4 is 4.74 Å². The third-order valence-electron chi connectivity index (χ3n) is 3.03. The molecular weight excluding hydrogens is 256 g/mol. The predicted molar refractivity (Wildman–Crippen MR) is 76.7 cm³/mol. The van der Waals surface area contributed by atoms with Gasteiger partial charge in [-0.05, 0) is 18.2 Å². The van der Waals surface area contributed by atoms with Crippen molar-refractivity contribution in [3.63, 3.8) is 0 Å². The van der Waals surface area contributed by atoms with E-state index in [1.165, 1.54) is 0 Å². The second kappa shape index (κ2) is 9.32. The van der Waals surface area contributed by atoms with Gasteiger partial charge >= 0.3 is 0 Å². The number of nitriles is 1. The fraction of sp³-hybridized carbons (Fsp3) is 0.533. The molecule has 5 heteroatoms. The first-order chi connectivity index (χ1) is 9.74. The van der Waals surface area contributed by atoms with Gasteiger partial charge in [-0.1, -0.05) is 0 Å². The van der Waals surface area contributed by atoms with Gasteiger partial charge in [-0.15, -0.1) is 0 Å². The standard InChI is InChI=1S/C15H22N2O3/c1-18-8-6-17(7-9-19-2)12-14-10-13(11-16)4-5-15(14)20-3/h4-5,10H,6-9,12H2,1-3H3. The maximum atomic E-state index is 9.00. The van der Waals surface area contributed by atoms with Crippen LogP contribution in [0.3, 0.4) is 0 Å². The molecule has 0 amide bonds. The fourth-order valence-corrected chi connectivity index (χ4v) is 1.92. The van der Waals surface area contributed by atoms with Crippen LogP contribution >= 0.6 is 0 Å². The van der Waals surface area contributed by atoms with Gasteiger partial charge in [0, 0.05) is 39.4 Å². The molecular formula is C15H22N2O3. The second-order valence-corrected chi connectivity index (χ2v) is 4.40. The molecule has 0 heterocycles. The first-order valence-corrected chi connectivity index (χ1v) is 6.52. The van der Waals surface area contributed by atoms with Gasteiger partial charge < -0.3 is 14.2 Å². The summed E-state index contributed by atoms with van der Waals surface area (Å²) in [6, 6.07) is 7.61. The summed E-state index contributed by atoms with van der Waals surface area (Å²) < 4.78 is 15.6. The van der Waals surface area contributed by atoms with Gasteiger partial charge in [0.15, 0.2) is 0 Å². The van der Waals surface area contributed by atoms with Gasteiger partial charge in [0.05, 0.1) is 32.0 Å². The van der Waals surface area contributed by atoms with Crippen molar-refractivity contribution in [3.05, 3.63) is 29.3 Å². The number of ether oxygens (including phenoxy) is 3. The van der Waals surface area contributed by atoms with E-state index in [4.69, 9.17) is 19.5 Å². The Bertz CT molecular complexity index is 435. The van der Waals surface area contributed by atoms with E-state index in [-0.39, 0.29) is 0 Å². The molecule has 1 aromatic rings. The number of rotatable bonds is 9. The Balaban J connectivity index is 2.81. The molecule has 1 rings (SSSR count). The summed E-state index contributed by atoms with van der Waals surface area (Å²) in [5.74, 6) is 0.795. The van der Waals surface area contributed by atoms with Crippen molar-refractivity contribution in [2.24, 2.45) is 0 Å². The average Bonchev–Trinajstić information content (AvgIpc) is 2.49. The topological polar surface area (TPSA) is 54.7 Å². The zero-order valence-electron chi connectivity index (χ0n) is 12.4. The first-order valence-electron chi connectivity index (χ1n) is 6.52. The van der Waals surface area contributed by atoms with E-state index < -0.39 is 0 Å². The van der Waals surface area contributed by atoms with Crippen molar-refractivity contribution in [1.29, 1.82) is 5.26 Å². The van der Waals surface area contributed by atoms with Gasteiger partial charge in [0.1, 0.15) is 5.75 Å². The first kappa shape index (κ1) is 16.4. The molecule has 0 spiro atoms. The third-order valence-corrected chi connectivity index (χ3v) is 3.03. The maximum Gasteiger partial charge on any atom is 0.123 e. The molecule has 110 valence electrons. The molecule has 0 aliphatic rings. The van der Waals surface area contributed by atoms with Crippen LogP contribution in [0.1, 0.15) is 11.1 Å². The minimum Gasteiger partial charge on any atom is -0.496 e. The molecule has 0 fully saturated rings. The van der Waals surface area contributed by atoms with Crippen LogP contribution in [-0.2, 0) is 16.0 Å². The van der Waals surface area contributed by atoms with Gasteiger partial charge in [0.25, 0.3) is 0 Å². The van der Waals surface area contributed by atoms with E-state index in [9.17, 15) is 0 Å². The molecule has 0 aliphatic carbocycles. The molecule has 0 atom stereocenters. The van der Waals surface area contributed by atoms with E-state index in [0.717, 1.165) is 24.4 Å². The molecule has 0 radical (unpaired) electrons. The van der Waals surface area contributed by atoms with Crippen LogP contribution in [0, 0.1) is 11.3 Å². The molecule has 1 aromatic carbocycles. The van der Waals surface area contributed by atoms with Crippen LogP contribution in [0.5, 0.6) is 5.75 Å². The zero-order chi connectivity index (χ0) is 14.8. The zero-order valence-corrected chi connectivity index (χ0v) is 12.4. The highest BCUT2D eigenvalue weighted by atomic mass is 16.5. The molecule has 20 heavy (non-hydrogen) atoms. The molecule has 0 N–H and O–H groups in total. The average molecular weight is 278 g/mol. The maximum absolute atomic E-state index is 9.00. The lowest BCUT2D eigenvalue weighted by atomic mass is 10.1. The Hall–Kier alpha value is -1.61.